The maximum atomic E-state index is 13.8. The van der Waals surface area contributed by atoms with E-state index in [1.54, 1.807) is 54.6 Å². The third kappa shape index (κ3) is 10.2. The molecule has 1 saturated heterocycles. The molecule has 4 rings (SSSR count). The van der Waals surface area contributed by atoms with Crippen LogP contribution in [0.25, 0.3) is 6.08 Å². The fourth-order valence-electron chi connectivity index (χ4n) is 5.00. The number of furan rings is 1. The number of ether oxygens (including phenoxy) is 3. The monoisotopic (exact) mass is 620 g/mol. The number of morpholine rings is 1. The standard InChI is InChI=1S/C33H40N4O8/c1-42-30-12-8-27(23-31(30)43-2)14-17-36(24-29-5-3-20-45-29)33(39)25-35(16-4-15-34-18-21-44-22-19-34)32(38)13-9-26-6-10-28(11-7-26)37(40)41/h3,5-13,20,23H,4,14-19,21-22,24-25H2,1-2H3. The van der Waals surface area contributed by atoms with E-state index in [-0.39, 0.29) is 30.6 Å². The van der Waals surface area contributed by atoms with Gasteiger partial charge >= 0.3 is 0 Å². The lowest BCUT2D eigenvalue weighted by atomic mass is 10.1. The molecule has 3 aromatic rings. The third-order valence-electron chi connectivity index (χ3n) is 7.56. The summed E-state index contributed by atoms with van der Waals surface area (Å²) in [6.07, 6.45) is 5.82. The van der Waals surface area contributed by atoms with Crippen molar-refractivity contribution in [2.45, 2.75) is 19.4 Å². The number of benzene rings is 2. The topological polar surface area (TPSA) is 128 Å². The summed E-state index contributed by atoms with van der Waals surface area (Å²) in [4.78, 5) is 43.3. The van der Waals surface area contributed by atoms with Crippen molar-refractivity contribution >= 4 is 23.6 Å². The predicted molar refractivity (Wildman–Crippen MR) is 168 cm³/mol. The highest BCUT2D eigenvalue weighted by Gasteiger charge is 2.22. The smallest absolute Gasteiger partial charge is 0.269 e. The molecule has 240 valence electrons. The van der Waals surface area contributed by atoms with Gasteiger partial charge < -0.3 is 28.4 Å². The predicted octanol–water partition coefficient (Wildman–Crippen LogP) is 4.04. The van der Waals surface area contributed by atoms with Crippen LogP contribution in [0.3, 0.4) is 0 Å². The molecule has 0 spiro atoms. The van der Waals surface area contributed by atoms with E-state index >= 15 is 0 Å². The van der Waals surface area contributed by atoms with Gasteiger partial charge in [0.1, 0.15) is 12.3 Å². The van der Waals surface area contributed by atoms with Crippen LogP contribution >= 0.6 is 0 Å². The molecule has 0 saturated carbocycles. The lowest BCUT2D eigenvalue weighted by Gasteiger charge is -2.29. The van der Waals surface area contributed by atoms with Crippen molar-refractivity contribution in [1.82, 2.24) is 14.7 Å². The molecule has 0 radical (unpaired) electrons. The SMILES string of the molecule is COc1ccc(CCN(Cc2ccco2)C(=O)CN(CCCN2CCOCC2)C(=O)C=Cc2ccc([N+](=O)[O-])cc2)cc1OC. The average molecular weight is 621 g/mol. The van der Waals surface area contributed by atoms with E-state index in [4.69, 9.17) is 18.6 Å². The van der Waals surface area contributed by atoms with Gasteiger partial charge in [-0.3, -0.25) is 24.6 Å². The van der Waals surface area contributed by atoms with Crippen LogP contribution in [0.4, 0.5) is 5.69 Å². The van der Waals surface area contributed by atoms with Crippen LogP contribution in [0.15, 0.2) is 71.4 Å². The molecular formula is C33H40N4O8. The zero-order valence-corrected chi connectivity index (χ0v) is 25.8. The Hall–Kier alpha value is -4.68. The minimum atomic E-state index is -0.472. The van der Waals surface area contributed by atoms with Gasteiger partial charge in [0.25, 0.3) is 5.69 Å². The fourth-order valence-corrected chi connectivity index (χ4v) is 5.00. The van der Waals surface area contributed by atoms with Crippen molar-refractivity contribution in [3.63, 3.8) is 0 Å². The molecule has 1 aliphatic heterocycles. The fraction of sp³-hybridized carbons (Fsp3) is 0.394. The van der Waals surface area contributed by atoms with Gasteiger partial charge in [-0.1, -0.05) is 6.07 Å². The maximum absolute atomic E-state index is 13.8. The number of non-ortho nitro benzene ring substituents is 1. The second-order valence-electron chi connectivity index (χ2n) is 10.6. The number of nitro groups is 1. The van der Waals surface area contributed by atoms with Crippen LogP contribution < -0.4 is 9.47 Å². The van der Waals surface area contributed by atoms with Crippen LogP contribution in [-0.4, -0.2) is 98.1 Å². The Morgan fingerprint density at radius 3 is 2.42 bits per heavy atom. The molecule has 0 bridgehead atoms. The Morgan fingerprint density at radius 2 is 1.76 bits per heavy atom. The van der Waals surface area contributed by atoms with Crippen LogP contribution in [0.2, 0.25) is 0 Å². The number of rotatable bonds is 16. The molecule has 0 unspecified atom stereocenters. The summed E-state index contributed by atoms with van der Waals surface area (Å²) in [7, 11) is 3.16. The van der Waals surface area contributed by atoms with E-state index in [9.17, 15) is 19.7 Å². The highest BCUT2D eigenvalue weighted by Crippen LogP contribution is 2.28. The highest BCUT2D eigenvalue weighted by atomic mass is 16.6. The number of hydrogen-bond acceptors (Lipinski definition) is 9. The van der Waals surface area contributed by atoms with Crippen LogP contribution in [0, 0.1) is 10.1 Å². The van der Waals surface area contributed by atoms with Gasteiger partial charge in [-0.15, -0.1) is 0 Å². The number of nitro benzene ring substituents is 1. The third-order valence-corrected chi connectivity index (χ3v) is 7.56. The molecule has 12 heteroatoms. The number of methoxy groups -OCH3 is 2. The zero-order chi connectivity index (χ0) is 32.0. The lowest BCUT2D eigenvalue weighted by Crippen LogP contribution is -2.44. The summed E-state index contributed by atoms with van der Waals surface area (Å²) in [5.41, 5.74) is 1.58. The minimum absolute atomic E-state index is 0.0291. The zero-order valence-electron chi connectivity index (χ0n) is 25.8. The Kier molecular flexibility index (Phi) is 12.5. The van der Waals surface area contributed by atoms with E-state index in [0.29, 0.717) is 62.0 Å². The Balaban J connectivity index is 1.47. The average Bonchev–Trinajstić information content (AvgIpc) is 3.58. The lowest BCUT2D eigenvalue weighted by molar-refractivity contribution is -0.384. The molecule has 2 aromatic carbocycles. The molecule has 2 amide bonds. The van der Waals surface area contributed by atoms with E-state index in [0.717, 1.165) is 25.2 Å². The first-order valence-electron chi connectivity index (χ1n) is 14.9. The van der Waals surface area contributed by atoms with Crippen molar-refractivity contribution in [2.24, 2.45) is 0 Å². The van der Waals surface area contributed by atoms with Gasteiger partial charge in [0.15, 0.2) is 11.5 Å². The van der Waals surface area contributed by atoms with Crippen molar-refractivity contribution in [2.75, 3.05) is 66.7 Å². The van der Waals surface area contributed by atoms with Crippen LogP contribution in [0.5, 0.6) is 11.5 Å². The molecule has 2 heterocycles. The van der Waals surface area contributed by atoms with E-state index in [1.165, 1.54) is 18.2 Å². The Bertz CT molecular complexity index is 1420. The summed E-state index contributed by atoms with van der Waals surface area (Å²) in [6.45, 7) is 4.73. The van der Waals surface area contributed by atoms with Gasteiger partial charge in [0.05, 0.1) is 45.2 Å². The van der Waals surface area contributed by atoms with Crippen molar-refractivity contribution in [3.8, 4) is 11.5 Å². The number of amides is 2. The summed E-state index contributed by atoms with van der Waals surface area (Å²) in [6, 6.07) is 15.2. The molecule has 0 aliphatic carbocycles. The first-order chi connectivity index (χ1) is 21.9. The van der Waals surface area contributed by atoms with Gasteiger partial charge in [0.2, 0.25) is 11.8 Å². The normalized spacial score (nSPS) is 13.5. The Labute approximate surface area is 262 Å². The van der Waals surface area contributed by atoms with Gasteiger partial charge in [-0.05, 0) is 66.4 Å². The summed E-state index contributed by atoms with van der Waals surface area (Å²) >= 11 is 0. The first-order valence-corrected chi connectivity index (χ1v) is 14.9. The summed E-state index contributed by atoms with van der Waals surface area (Å²) in [5.74, 6) is 1.34. The van der Waals surface area contributed by atoms with Crippen molar-refractivity contribution in [1.29, 1.82) is 0 Å². The van der Waals surface area contributed by atoms with Crippen molar-refractivity contribution in [3.05, 3.63) is 93.9 Å². The molecule has 0 N–H and O–H groups in total. The van der Waals surface area contributed by atoms with Crippen LogP contribution in [0.1, 0.15) is 23.3 Å². The maximum Gasteiger partial charge on any atom is 0.269 e. The molecule has 45 heavy (non-hydrogen) atoms. The second-order valence-corrected chi connectivity index (χ2v) is 10.6. The minimum Gasteiger partial charge on any atom is -0.493 e. The molecule has 1 aliphatic rings. The second kappa shape index (κ2) is 17.0. The summed E-state index contributed by atoms with van der Waals surface area (Å²) < 4.78 is 21.8. The van der Waals surface area contributed by atoms with E-state index in [1.807, 2.05) is 24.3 Å². The number of carbonyl (C=O) groups is 2. The molecule has 1 aromatic heterocycles. The number of carbonyl (C=O) groups excluding carboxylic acids is 2. The highest BCUT2D eigenvalue weighted by molar-refractivity contribution is 5.94. The molecule has 1 fully saturated rings. The molecule has 12 nitrogen and oxygen atoms in total. The van der Waals surface area contributed by atoms with Crippen molar-refractivity contribution < 1.29 is 33.1 Å². The number of nitrogens with zero attached hydrogens (tertiary/aromatic N) is 4. The largest absolute Gasteiger partial charge is 0.493 e. The Morgan fingerprint density at radius 1 is 1.00 bits per heavy atom. The van der Waals surface area contributed by atoms with E-state index in [2.05, 4.69) is 4.90 Å². The van der Waals surface area contributed by atoms with Gasteiger partial charge in [-0.25, -0.2) is 0 Å². The van der Waals surface area contributed by atoms with Gasteiger partial charge in [-0.2, -0.15) is 0 Å². The van der Waals surface area contributed by atoms with Crippen LogP contribution in [-0.2, 0) is 27.3 Å². The molecular weight excluding hydrogens is 580 g/mol. The first kappa shape index (κ1) is 33.2. The summed E-state index contributed by atoms with van der Waals surface area (Å²) in [5, 5.41) is 11.0. The number of hydrogen-bond donors (Lipinski definition) is 0. The van der Waals surface area contributed by atoms with Gasteiger partial charge in [0, 0.05) is 50.9 Å². The molecule has 0 atom stereocenters. The quantitative estimate of drug-likeness (QED) is 0.132. The van der Waals surface area contributed by atoms with E-state index < -0.39 is 4.92 Å².